The van der Waals surface area contributed by atoms with Gasteiger partial charge in [0.2, 0.25) is 0 Å². The summed E-state index contributed by atoms with van der Waals surface area (Å²) in [5.74, 6) is 0. The first kappa shape index (κ1) is 15.4. The zero-order valence-corrected chi connectivity index (χ0v) is 10.4. The molecule has 0 spiro atoms. The Morgan fingerprint density at radius 1 is 1.00 bits per heavy atom. The fourth-order valence-corrected chi connectivity index (χ4v) is 1.13. The lowest BCUT2D eigenvalue weighted by atomic mass is 10.4. The molecule has 0 heterocycles. The Morgan fingerprint density at radius 2 is 1.56 bits per heavy atom. The van der Waals surface area contributed by atoms with E-state index in [0.717, 1.165) is 26.1 Å². The molecule has 0 atom stereocenters. The van der Waals surface area contributed by atoms with Crippen molar-refractivity contribution in [3.05, 3.63) is 0 Å². The van der Waals surface area contributed by atoms with E-state index in [2.05, 4.69) is 19.9 Å². The van der Waals surface area contributed by atoms with Crippen molar-refractivity contribution in [3.63, 3.8) is 0 Å². The molecule has 0 fully saturated rings. The fourth-order valence-electron chi connectivity index (χ4n) is 1.13. The van der Waals surface area contributed by atoms with Gasteiger partial charge in [-0.15, -0.1) is 0 Å². The molecule has 0 unspecified atom stereocenters. The van der Waals surface area contributed by atoms with Gasteiger partial charge in [0.1, 0.15) is 6.10 Å². The van der Waals surface area contributed by atoms with Gasteiger partial charge in [0, 0.05) is 13.2 Å². The number of ether oxygens (including phenoxy) is 3. The predicted octanol–water partition coefficient (Wildman–Crippen LogP) is 2.14. The molecule has 0 amide bonds. The van der Waals surface area contributed by atoms with Gasteiger partial charge in [-0.25, -0.2) is 0 Å². The summed E-state index contributed by atoms with van der Waals surface area (Å²) in [5.41, 5.74) is 0. The topological polar surface area (TPSA) is 51.5 Å². The summed E-state index contributed by atoms with van der Waals surface area (Å²) in [4.78, 5) is 0. The summed E-state index contributed by atoms with van der Waals surface area (Å²) in [6.07, 6.45) is 2.37. The van der Waals surface area contributed by atoms with Gasteiger partial charge in [0.05, 0.1) is 32.3 Å². The maximum atomic E-state index is 8.41. The summed E-state index contributed by atoms with van der Waals surface area (Å²) >= 11 is 0. The molecule has 0 aromatic rings. The molecule has 0 rings (SSSR count). The van der Waals surface area contributed by atoms with Gasteiger partial charge in [0.25, 0.3) is 0 Å². The second-order valence-corrected chi connectivity index (χ2v) is 3.55. The first-order chi connectivity index (χ1) is 7.85. The third-order valence-electron chi connectivity index (χ3n) is 1.87. The smallest absolute Gasteiger partial charge is 0.104 e. The first-order valence-corrected chi connectivity index (χ1v) is 5.99. The predicted molar refractivity (Wildman–Crippen MR) is 62.2 cm³/mol. The molecular formula is C12H23NO3. The van der Waals surface area contributed by atoms with Gasteiger partial charge in [-0.1, -0.05) is 13.8 Å². The van der Waals surface area contributed by atoms with Gasteiger partial charge in [0.15, 0.2) is 0 Å². The highest BCUT2D eigenvalue weighted by Crippen LogP contribution is 1.98. The molecule has 4 nitrogen and oxygen atoms in total. The second kappa shape index (κ2) is 12.4. The maximum Gasteiger partial charge on any atom is 0.104 e. The Hall–Kier alpha value is -0.630. The van der Waals surface area contributed by atoms with Crippen LogP contribution in [0.25, 0.3) is 0 Å². The first-order valence-electron chi connectivity index (χ1n) is 5.99. The summed E-state index contributed by atoms with van der Waals surface area (Å²) in [5, 5.41) is 8.41. The molecule has 0 saturated carbocycles. The van der Waals surface area contributed by atoms with E-state index in [0.29, 0.717) is 26.2 Å². The van der Waals surface area contributed by atoms with Gasteiger partial charge in [-0.3, -0.25) is 0 Å². The van der Waals surface area contributed by atoms with Crippen LogP contribution < -0.4 is 0 Å². The van der Waals surface area contributed by atoms with Crippen molar-refractivity contribution in [1.29, 1.82) is 5.26 Å². The third-order valence-corrected chi connectivity index (χ3v) is 1.87. The van der Waals surface area contributed by atoms with Gasteiger partial charge in [-0.05, 0) is 12.8 Å². The Labute approximate surface area is 98.5 Å². The van der Waals surface area contributed by atoms with E-state index in [1.165, 1.54) is 0 Å². The minimum absolute atomic E-state index is 0.0496. The van der Waals surface area contributed by atoms with E-state index in [1.807, 2.05) is 0 Å². The Bertz CT molecular complexity index is 170. The van der Waals surface area contributed by atoms with Crippen molar-refractivity contribution in [2.45, 2.75) is 39.2 Å². The molecule has 0 saturated heterocycles. The van der Waals surface area contributed by atoms with Crippen molar-refractivity contribution in [2.75, 3.05) is 33.0 Å². The normalized spacial score (nSPS) is 10.6. The largest absolute Gasteiger partial charge is 0.379 e. The van der Waals surface area contributed by atoms with Gasteiger partial charge >= 0.3 is 0 Å². The minimum atomic E-state index is -0.0496. The third kappa shape index (κ3) is 9.91. The van der Waals surface area contributed by atoms with E-state index in [-0.39, 0.29) is 6.10 Å². The van der Waals surface area contributed by atoms with E-state index >= 15 is 0 Å². The van der Waals surface area contributed by atoms with Crippen LogP contribution in [0.1, 0.15) is 33.1 Å². The van der Waals surface area contributed by atoms with Crippen molar-refractivity contribution < 1.29 is 14.2 Å². The lowest BCUT2D eigenvalue weighted by Crippen LogP contribution is -2.26. The van der Waals surface area contributed by atoms with Crippen molar-refractivity contribution >= 4 is 0 Å². The number of nitriles is 1. The number of hydrogen-bond acceptors (Lipinski definition) is 4. The number of hydrogen-bond donors (Lipinski definition) is 0. The quantitative estimate of drug-likeness (QED) is 0.509. The average Bonchev–Trinajstić information content (AvgIpc) is 2.29. The molecule has 0 aliphatic rings. The lowest BCUT2D eigenvalue weighted by Gasteiger charge is -2.17. The molecule has 0 N–H and O–H groups in total. The van der Waals surface area contributed by atoms with Crippen LogP contribution in [0, 0.1) is 11.3 Å². The zero-order chi connectivity index (χ0) is 12.1. The van der Waals surface area contributed by atoms with Crippen LogP contribution in [0.2, 0.25) is 0 Å². The highest BCUT2D eigenvalue weighted by molar-refractivity contribution is 4.68. The molecule has 0 radical (unpaired) electrons. The highest BCUT2D eigenvalue weighted by Gasteiger charge is 2.09. The number of nitrogens with zero attached hydrogens (tertiary/aromatic N) is 1. The SMILES string of the molecule is CCCOCC(COCCC)OCCC#N. The lowest BCUT2D eigenvalue weighted by molar-refractivity contribution is -0.0582. The number of rotatable bonds is 11. The van der Waals surface area contributed by atoms with Crippen molar-refractivity contribution in [1.82, 2.24) is 0 Å². The Kier molecular flexibility index (Phi) is 11.9. The summed E-state index contributed by atoms with van der Waals surface area (Å²) in [7, 11) is 0. The maximum absolute atomic E-state index is 8.41. The van der Waals surface area contributed by atoms with E-state index in [9.17, 15) is 0 Å². The van der Waals surface area contributed by atoms with Crippen LogP contribution >= 0.6 is 0 Å². The zero-order valence-electron chi connectivity index (χ0n) is 10.4. The summed E-state index contributed by atoms with van der Waals surface area (Å²) < 4.78 is 16.3. The van der Waals surface area contributed by atoms with Crippen LogP contribution in [0.3, 0.4) is 0 Å². The van der Waals surface area contributed by atoms with Crippen LogP contribution in [-0.2, 0) is 14.2 Å². The molecule has 0 aromatic carbocycles. The Morgan fingerprint density at radius 3 is 2.00 bits per heavy atom. The fraction of sp³-hybridized carbons (Fsp3) is 0.917. The summed E-state index contributed by atoms with van der Waals surface area (Å²) in [6, 6.07) is 2.05. The molecule has 0 aromatic heterocycles. The average molecular weight is 229 g/mol. The van der Waals surface area contributed by atoms with E-state index in [1.54, 1.807) is 0 Å². The molecule has 94 valence electrons. The van der Waals surface area contributed by atoms with Gasteiger partial charge in [-0.2, -0.15) is 5.26 Å². The van der Waals surface area contributed by atoms with E-state index in [4.69, 9.17) is 19.5 Å². The van der Waals surface area contributed by atoms with E-state index < -0.39 is 0 Å². The molecular weight excluding hydrogens is 206 g/mol. The second-order valence-electron chi connectivity index (χ2n) is 3.55. The van der Waals surface area contributed by atoms with Crippen LogP contribution in [0.5, 0.6) is 0 Å². The van der Waals surface area contributed by atoms with Crippen LogP contribution in [0.15, 0.2) is 0 Å². The molecule has 0 aliphatic carbocycles. The molecule has 4 heteroatoms. The molecule has 16 heavy (non-hydrogen) atoms. The Balaban J connectivity index is 3.63. The van der Waals surface area contributed by atoms with Gasteiger partial charge < -0.3 is 14.2 Å². The minimum Gasteiger partial charge on any atom is -0.379 e. The monoisotopic (exact) mass is 229 g/mol. The molecule has 0 aliphatic heterocycles. The van der Waals surface area contributed by atoms with Crippen molar-refractivity contribution in [3.8, 4) is 6.07 Å². The standard InChI is InChI=1S/C12H23NO3/c1-3-7-14-10-12(11-15-8-4-2)16-9-5-6-13/h12H,3-5,7-11H2,1-2H3. The summed E-state index contributed by atoms with van der Waals surface area (Å²) in [6.45, 7) is 7.16. The van der Waals surface area contributed by atoms with Crippen LogP contribution in [-0.4, -0.2) is 39.1 Å². The van der Waals surface area contributed by atoms with Crippen molar-refractivity contribution in [2.24, 2.45) is 0 Å². The molecule has 0 bridgehead atoms. The van der Waals surface area contributed by atoms with Crippen LogP contribution in [0.4, 0.5) is 0 Å². The highest BCUT2D eigenvalue weighted by atomic mass is 16.6.